The number of nitrogens with zero attached hydrogens (tertiary/aromatic N) is 2. The van der Waals surface area contributed by atoms with Crippen molar-refractivity contribution < 1.29 is 8.42 Å². The molecule has 0 bridgehead atoms. The van der Waals surface area contributed by atoms with Gasteiger partial charge in [0.15, 0.2) is 0 Å². The Labute approximate surface area is 112 Å². The first-order valence-corrected chi connectivity index (χ1v) is 7.83. The van der Waals surface area contributed by atoms with Gasteiger partial charge in [-0.3, -0.25) is 0 Å². The average Bonchev–Trinajstić information content (AvgIpc) is 2.32. The number of rotatable bonds is 3. The van der Waals surface area contributed by atoms with E-state index in [0.29, 0.717) is 5.92 Å². The normalized spacial score (nSPS) is 25.0. The van der Waals surface area contributed by atoms with Crippen molar-refractivity contribution in [2.75, 3.05) is 0 Å². The van der Waals surface area contributed by atoms with Crippen LogP contribution in [-0.2, 0) is 10.0 Å². The van der Waals surface area contributed by atoms with Gasteiger partial charge >= 0.3 is 0 Å². The number of sulfonamides is 1. The van der Waals surface area contributed by atoms with Crippen LogP contribution in [0.1, 0.15) is 32.6 Å². The molecule has 1 aromatic heterocycles. The van der Waals surface area contributed by atoms with Gasteiger partial charge in [-0.05, 0) is 43.2 Å². The summed E-state index contributed by atoms with van der Waals surface area (Å²) in [6, 6.07) is 0.0156. The summed E-state index contributed by atoms with van der Waals surface area (Å²) in [6.07, 6.45) is 6.34. The molecule has 0 unspecified atom stereocenters. The van der Waals surface area contributed by atoms with Gasteiger partial charge in [-0.25, -0.2) is 23.1 Å². The summed E-state index contributed by atoms with van der Waals surface area (Å²) in [6.45, 7) is 2.19. The first-order chi connectivity index (χ1) is 8.47. The molecule has 0 saturated heterocycles. The van der Waals surface area contributed by atoms with Gasteiger partial charge in [0, 0.05) is 6.04 Å². The van der Waals surface area contributed by atoms with Crippen molar-refractivity contribution in [2.24, 2.45) is 5.92 Å². The first kappa shape index (κ1) is 13.7. The molecule has 2 rings (SSSR count). The lowest BCUT2D eigenvalue weighted by Crippen LogP contribution is -2.37. The summed E-state index contributed by atoms with van der Waals surface area (Å²) in [4.78, 5) is 7.43. The molecule has 0 radical (unpaired) electrons. The van der Waals surface area contributed by atoms with E-state index in [4.69, 9.17) is 11.6 Å². The Balaban J connectivity index is 2.05. The van der Waals surface area contributed by atoms with Crippen molar-refractivity contribution >= 4 is 21.6 Å². The lowest BCUT2D eigenvalue weighted by atomic mass is 9.88. The standard InChI is InChI=1S/C11H16ClN3O2S/c1-8-2-4-9(5-3-8)15-18(16,17)10-6-13-11(12)14-7-10/h6-9,15H,2-5H2,1H3. The van der Waals surface area contributed by atoms with Crippen LogP contribution in [0.5, 0.6) is 0 Å². The summed E-state index contributed by atoms with van der Waals surface area (Å²) in [5, 5.41) is 0.0421. The first-order valence-electron chi connectivity index (χ1n) is 5.97. The smallest absolute Gasteiger partial charge is 0.225 e. The third kappa shape index (κ3) is 3.40. The van der Waals surface area contributed by atoms with Crippen LogP contribution >= 0.6 is 11.6 Å². The van der Waals surface area contributed by atoms with Crippen LogP contribution < -0.4 is 4.72 Å². The fourth-order valence-electron chi connectivity index (χ4n) is 2.10. The van der Waals surface area contributed by atoms with Crippen molar-refractivity contribution in [1.29, 1.82) is 0 Å². The Morgan fingerprint density at radius 3 is 2.33 bits per heavy atom. The SMILES string of the molecule is CC1CCC(NS(=O)(=O)c2cnc(Cl)nc2)CC1. The van der Waals surface area contributed by atoms with Gasteiger partial charge in [-0.15, -0.1) is 0 Å². The van der Waals surface area contributed by atoms with Gasteiger partial charge in [0.1, 0.15) is 4.90 Å². The van der Waals surface area contributed by atoms with Crippen molar-refractivity contribution in [3.63, 3.8) is 0 Å². The highest BCUT2D eigenvalue weighted by Gasteiger charge is 2.24. The van der Waals surface area contributed by atoms with Crippen LogP contribution in [0.15, 0.2) is 17.3 Å². The van der Waals surface area contributed by atoms with E-state index in [9.17, 15) is 8.42 Å². The van der Waals surface area contributed by atoms with Crippen LogP contribution in [0.25, 0.3) is 0 Å². The second-order valence-electron chi connectivity index (χ2n) is 4.77. The van der Waals surface area contributed by atoms with Gasteiger partial charge in [0.05, 0.1) is 12.4 Å². The van der Waals surface area contributed by atoms with Crippen LogP contribution in [0, 0.1) is 5.92 Å². The number of hydrogen-bond acceptors (Lipinski definition) is 4. The number of aromatic nitrogens is 2. The summed E-state index contributed by atoms with van der Waals surface area (Å²) in [5.41, 5.74) is 0. The van der Waals surface area contributed by atoms with E-state index < -0.39 is 10.0 Å². The zero-order chi connectivity index (χ0) is 13.2. The molecule has 1 heterocycles. The Morgan fingerprint density at radius 1 is 1.22 bits per heavy atom. The fraction of sp³-hybridized carbons (Fsp3) is 0.636. The van der Waals surface area contributed by atoms with Gasteiger partial charge in [-0.1, -0.05) is 6.92 Å². The molecule has 0 aromatic carbocycles. The summed E-state index contributed by atoms with van der Waals surface area (Å²) >= 11 is 5.53. The Kier molecular flexibility index (Phi) is 4.19. The fourth-order valence-corrected chi connectivity index (χ4v) is 3.40. The van der Waals surface area contributed by atoms with Gasteiger partial charge in [0.2, 0.25) is 15.3 Å². The molecular weight excluding hydrogens is 274 g/mol. The molecule has 7 heteroatoms. The molecule has 5 nitrogen and oxygen atoms in total. The number of hydrogen-bond donors (Lipinski definition) is 1. The molecule has 0 spiro atoms. The highest BCUT2D eigenvalue weighted by atomic mass is 35.5. The van der Waals surface area contributed by atoms with E-state index in [1.807, 2.05) is 0 Å². The molecule has 1 fully saturated rings. The van der Waals surface area contributed by atoms with Crippen molar-refractivity contribution in [1.82, 2.24) is 14.7 Å². The molecule has 1 aliphatic rings. The number of halogens is 1. The predicted octanol–water partition coefficient (Wildman–Crippen LogP) is 1.99. The summed E-state index contributed by atoms with van der Waals surface area (Å²) < 4.78 is 26.8. The largest absolute Gasteiger partial charge is 0.243 e. The zero-order valence-corrected chi connectivity index (χ0v) is 11.7. The Hall–Kier alpha value is -0.720. The number of nitrogens with one attached hydrogen (secondary N) is 1. The van der Waals surface area contributed by atoms with E-state index in [0.717, 1.165) is 25.7 Å². The maximum atomic E-state index is 12.1. The van der Waals surface area contributed by atoms with E-state index >= 15 is 0 Å². The van der Waals surface area contributed by atoms with E-state index in [1.165, 1.54) is 12.4 Å². The average molecular weight is 290 g/mol. The second-order valence-corrected chi connectivity index (χ2v) is 6.82. The summed E-state index contributed by atoms with van der Waals surface area (Å²) in [7, 11) is -3.53. The predicted molar refractivity (Wildman–Crippen MR) is 68.8 cm³/mol. The molecule has 0 amide bonds. The van der Waals surface area contributed by atoms with Crippen molar-refractivity contribution in [2.45, 2.75) is 43.5 Å². The quantitative estimate of drug-likeness (QED) is 0.864. The topological polar surface area (TPSA) is 72.0 Å². The summed E-state index contributed by atoms with van der Waals surface area (Å²) in [5.74, 6) is 0.685. The monoisotopic (exact) mass is 289 g/mol. The minimum absolute atomic E-state index is 0.0156. The molecule has 1 saturated carbocycles. The molecule has 0 atom stereocenters. The Morgan fingerprint density at radius 2 is 1.78 bits per heavy atom. The molecule has 100 valence electrons. The van der Waals surface area contributed by atoms with Gasteiger partial charge in [0.25, 0.3) is 0 Å². The highest BCUT2D eigenvalue weighted by molar-refractivity contribution is 7.89. The minimum atomic E-state index is -3.53. The van der Waals surface area contributed by atoms with Crippen LogP contribution in [0.2, 0.25) is 5.28 Å². The zero-order valence-electron chi connectivity index (χ0n) is 10.1. The van der Waals surface area contributed by atoms with Crippen LogP contribution in [-0.4, -0.2) is 24.4 Å². The molecule has 1 aliphatic carbocycles. The third-order valence-electron chi connectivity index (χ3n) is 3.24. The maximum Gasteiger partial charge on any atom is 0.243 e. The van der Waals surface area contributed by atoms with Gasteiger partial charge < -0.3 is 0 Å². The molecular formula is C11H16ClN3O2S. The van der Waals surface area contributed by atoms with E-state index in [-0.39, 0.29) is 16.2 Å². The van der Waals surface area contributed by atoms with E-state index in [1.54, 1.807) is 0 Å². The molecule has 1 aromatic rings. The lowest BCUT2D eigenvalue weighted by molar-refractivity contribution is 0.332. The maximum absolute atomic E-state index is 12.1. The van der Waals surface area contributed by atoms with Crippen molar-refractivity contribution in [3.8, 4) is 0 Å². The molecule has 18 heavy (non-hydrogen) atoms. The second kappa shape index (κ2) is 5.50. The highest BCUT2D eigenvalue weighted by Crippen LogP contribution is 2.24. The van der Waals surface area contributed by atoms with Gasteiger partial charge in [-0.2, -0.15) is 0 Å². The minimum Gasteiger partial charge on any atom is -0.225 e. The van der Waals surface area contributed by atoms with Crippen LogP contribution in [0.4, 0.5) is 0 Å². The molecule has 0 aliphatic heterocycles. The van der Waals surface area contributed by atoms with Crippen LogP contribution in [0.3, 0.4) is 0 Å². The lowest BCUT2D eigenvalue weighted by Gasteiger charge is -2.26. The van der Waals surface area contributed by atoms with E-state index in [2.05, 4.69) is 21.6 Å². The third-order valence-corrected chi connectivity index (χ3v) is 4.91. The van der Waals surface area contributed by atoms with Crippen molar-refractivity contribution in [3.05, 3.63) is 17.7 Å². The Bertz CT molecular complexity index is 496. The molecule has 1 N–H and O–H groups in total.